The van der Waals surface area contributed by atoms with Crippen LogP contribution in [0, 0.1) is 0 Å². The van der Waals surface area contributed by atoms with E-state index in [2.05, 4.69) is 30.5 Å². The zero-order valence-electron chi connectivity index (χ0n) is 10.9. The molecule has 0 spiro atoms. The van der Waals surface area contributed by atoms with Gasteiger partial charge in [-0.1, -0.05) is 11.6 Å². The van der Waals surface area contributed by atoms with Crippen molar-refractivity contribution in [2.75, 3.05) is 19.8 Å². The number of ether oxygens (including phenoxy) is 1. The molecule has 0 aliphatic carbocycles. The lowest BCUT2D eigenvalue weighted by Gasteiger charge is -2.28. The molecule has 3 atom stereocenters. The Kier molecular flexibility index (Phi) is 5.45. The van der Waals surface area contributed by atoms with Gasteiger partial charge in [0, 0.05) is 29.5 Å². The van der Waals surface area contributed by atoms with Gasteiger partial charge in [0.15, 0.2) is 0 Å². The number of halogens is 1. The van der Waals surface area contributed by atoms with Gasteiger partial charge in [-0.05, 0) is 32.4 Å². The molecule has 0 amide bonds. The van der Waals surface area contributed by atoms with Crippen LogP contribution in [0.5, 0.6) is 0 Å². The topological polar surface area (TPSA) is 33.3 Å². The Hall–Kier alpha value is -0.130. The summed E-state index contributed by atoms with van der Waals surface area (Å²) in [6.07, 6.45) is 1.09. The summed E-state index contributed by atoms with van der Waals surface area (Å²) in [5.74, 6) is 0. The molecule has 3 unspecified atom stereocenters. The Balaban J connectivity index is 1.77. The molecule has 102 valence electrons. The van der Waals surface area contributed by atoms with Crippen LogP contribution < -0.4 is 10.6 Å². The van der Waals surface area contributed by atoms with E-state index in [9.17, 15) is 0 Å². The van der Waals surface area contributed by atoms with Gasteiger partial charge in [0.1, 0.15) is 0 Å². The molecule has 2 N–H and O–H groups in total. The quantitative estimate of drug-likeness (QED) is 0.874. The molecule has 1 aromatic rings. The zero-order valence-corrected chi connectivity index (χ0v) is 12.5. The molecule has 5 heteroatoms. The van der Waals surface area contributed by atoms with Gasteiger partial charge < -0.3 is 15.4 Å². The van der Waals surface area contributed by atoms with Crippen LogP contribution in [0.25, 0.3) is 0 Å². The van der Waals surface area contributed by atoms with E-state index in [1.807, 2.05) is 6.07 Å². The molecule has 18 heavy (non-hydrogen) atoms. The molecule has 0 aromatic carbocycles. The molecule has 0 radical (unpaired) electrons. The molecule has 3 nitrogen and oxygen atoms in total. The molecule has 0 bridgehead atoms. The third-order valence-electron chi connectivity index (χ3n) is 3.19. The highest BCUT2D eigenvalue weighted by Crippen LogP contribution is 2.27. The Labute approximate surface area is 118 Å². The standard InChI is InChI=1S/C13H21ClN2OS/c1-9(7-11-8-17-6-5-15-11)16-10(2)12-3-4-13(14)18-12/h3-4,9-11,15-16H,5-8H2,1-2H3. The molecule has 1 aliphatic rings. The fourth-order valence-electron chi connectivity index (χ4n) is 2.34. The van der Waals surface area contributed by atoms with Crippen molar-refractivity contribution in [2.45, 2.75) is 38.4 Å². The normalized spacial score (nSPS) is 23.8. The van der Waals surface area contributed by atoms with E-state index < -0.39 is 0 Å². The van der Waals surface area contributed by atoms with Gasteiger partial charge in [-0.15, -0.1) is 11.3 Å². The molecule has 2 heterocycles. The molecule has 1 aromatic heterocycles. The van der Waals surface area contributed by atoms with E-state index in [1.54, 1.807) is 11.3 Å². The van der Waals surface area contributed by atoms with Crippen LogP contribution in [0.15, 0.2) is 12.1 Å². The van der Waals surface area contributed by atoms with Gasteiger partial charge in [0.25, 0.3) is 0 Å². The lowest BCUT2D eigenvalue weighted by atomic mass is 10.1. The smallest absolute Gasteiger partial charge is 0.0931 e. The Morgan fingerprint density at radius 1 is 1.56 bits per heavy atom. The van der Waals surface area contributed by atoms with Crippen LogP contribution in [0.3, 0.4) is 0 Å². The van der Waals surface area contributed by atoms with Crippen molar-refractivity contribution in [1.82, 2.24) is 10.6 Å². The largest absolute Gasteiger partial charge is 0.379 e. The predicted octanol–water partition coefficient (Wildman–Crippen LogP) is 2.82. The number of hydrogen-bond acceptors (Lipinski definition) is 4. The van der Waals surface area contributed by atoms with E-state index in [4.69, 9.17) is 16.3 Å². The minimum absolute atomic E-state index is 0.349. The minimum Gasteiger partial charge on any atom is -0.379 e. The van der Waals surface area contributed by atoms with Crippen LogP contribution in [0.2, 0.25) is 4.34 Å². The van der Waals surface area contributed by atoms with Gasteiger partial charge in [0.05, 0.1) is 17.6 Å². The van der Waals surface area contributed by atoms with Crippen molar-refractivity contribution in [3.8, 4) is 0 Å². The zero-order chi connectivity index (χ0) is 13.0. The van der Waals surface area contributed by atoms with Crippen molar-refractivity contribution < 1.29 is 4.74 Å². The number of thiophene rings is 1. The first kappa shape index (κ1) is 14.3. The highest BCUT2D eigenvalue weighted by atomic mass is 35.5. The fourth-order valence-corrected chi connectivity index (χ4v) is 3.41. The molecule has 1 aliphatic heterocycles. The summed E-state index contributed by atoms with van der Waals surface area (Å²) in [7, 11) is 0. The maximum atomic E-state index is 5.96. The third-order valence-corrected chi connectivity index (χ3v) is 4.61. The summed E-state index contributed by atoms with van der Waals surface area (Å²) in [6.45, 7) is 7.03. The number of hydrogen-bond donors (Lipinski definition) is 2. The van der Waals surface area contributed by atoms with Crippen LogP contribution in [-0.4, -0.2) is 31.8 Å². The van der Waals surface area contributed by atoms with Crippen molar-refractivity contribution in [3.05, 3.63) is 21.3 Å². The maximum Gasteiger partial charge on any atom is 0.0931 e. The Morgan fingerprint density at radius 2 is 2.39 bits per heavy atom. The second-order valence-corrected chi connectivity index (χ2v) is 6.64. The van der Waals surface area contributed by atoms with Crippen molar-refractivity contribution >= 4 is 22.9 Å². The number of rotatable bonds is 5. The Morgan fingerprint density at radius 3 is 3.00 bits per heavy atom. The summed E-state index contributed by atoms with van der Waals surface area (Å²) in [5.41, 5.74) is 0. The van der Waals surface area contributed by atoms with Crippen LogP contribution >= 0.6 is 22.9 Å². The lowest BCUT2D eigenvalue weighted by molar-refractivity contribution is 0.0708. The summed E-state index contributed by atoms with van der Waals surface area (Å²) >= 11 is 7.61. The minimum atomic E-state index is 0.349. The average Bonchev–Trinajstić information content (AvgIpc) is 2.77. The molecule has 2 rings (SSSR count). The van der Waals surface area contributed by atoms with E-state index in [-0.39, 0.29) is 0 Å². The van der Waals surface area contributed by atoms with Gasteiger partial charge in [-0.3, -0.25) is 0 Å². The maximum absolute atomic E-state index is 5.96. The van der Waals surface area contributed by atoms with Gasteiger partial charge in [0.2, 0.25) is 0 Å². The van der Waals surface area contributed by atoms with E-state index in [0.29, 0.717) is 18.1 Å². The first-order valence-corrected chi connectivity index (χ1v) is 7.67. The fraction of sp³-hybridized carbons (Fsp3) is 0.692. The van der Waals surface area contributed by atoms with E-state index in [1.165, 1.54) is 4.88 Å². The van der Waals surface area contributed by atoms with E-state index >= 15 is 0 Å². The van der Waals surface area contributed by atoms with Crippen molar-refractivity contribution in [3.63, 3.8) is 0 Å². The monoisotopic (exact) mass is 288 g/mol. The van der Waals surface area contributed by atoms with Gasteiger partial charge in [-0.2, -0.15) is 0 Å². The van der Waals surface area contributed by atoms with Crippen LogP contribution in [0.1, 0.15) is 31.2 Å². The summed E-state index contributed by atoms with van der Waals surface area (Å²) in [4.78, 5) is 1.29. The molecular weight excluding hydrogens is 268 g/mol. The van der Waals surface area contributed by atoms with Gasteiger partial charge in [-0.25, -0.2) is 0 Å². The van der Waals surface area contributed by atoms with Crippen molar-refractivity contribution in [1.29, 1.82) is 0 Å². The second-order valence-electron chi connectivity index (χ2n) is 4.89. The molecular formula is C13H21ClN2OS. The molecule has 0 saturated carbocycles. The molecule has 1 fully saturated rings. The summed E-state index contributed by atoms with van der Waals surface area (Å²) in [5, 5.41) is 7.10. The summed E-state index contributed by atoms with van der Waals surface area (Å²) < 4.78 is 6.33. The van der Waals surface area contributed by atoms with Crippen LogP contribution in [0.4, 0.5) is 0 Å². The van der Waals surface area contributed by atoms with Crippen LogP contribution in [-0.2, 0) is 4.74 Å². The third kappa shape index (κ3) is 4.21. The van der Waals surface area contributed by atoms with Crippen molar-refractivity contribution in [2.24, 2.45) is 0 Å². The first-order valence-electron chi connectivity index (χ1n) is 6.47. The Bertz CT molecular complexity index is 366. The van der Waals surface area contributed by atoms with Gasteiger partial charge >= 0.3 is 0 Å². The number of morpholine rings is 1. The SMILES string of the molecule is CC(CC1COCCN1)NC(C)c1ccc(Cl)s1. The van der Waals surface area contributed by atoms with E-state index in [0.717, 1.165) is 30.5 Å². The number of nitrogens with one attached hydrogen (secondary N) is 2. The second kappa shape index (κ2) is 6.87. The predicted molar refractivity (Wildman–Crippen MR) is 77.6 cm³/mol. The first-order chi connectivity index (χ1) is 8.65. The highest BCUT2D eigenvalue weighted by molar-refractivity contribution is 7.16. The average molecular weight is 289 g/mol. The molecule has 1 saturated heterocycles. The highest BCUT2D eigenvalue weighted by Gasteiger charge is 2.18. The lowest BCUT2D eigenvalue weighted by Crippen LogP contribution is -2.45. The summed E-state index contributed by atoms with van der Waals surface area (Å²) in [6, 6.07) is 5.34.